The summed E-state index contributed by atoms with van der Waals surface area (Å²) in [5.41, 5.74) is 0. The summed E-state index contributed by atoms with van der Waals surface area (Å²) in [5.74, 6) is 1.84. The number of halogens is 1. The van der Waals surface area contributed by atoms with Crippen LogP contribution in [0.5, 0.6) is 0 Å². The number of hydrogen-bond acceptors (Lipinski definition) is 0. The molecule has 3 atom stereocenters. The van der Waals surface area contributed by atoms with Gasteiger partial charge in [-0.3, -0.25) is 0 Å². The van der Waals surface area contributed by atoms with Gasteiger partial charge in [0.2, 0.25) is 0 Å². The van der Waals surface area contributed by atoms with E-state index in [0.29, 0.717) is 17.8 Å². The zero-order valence-electron chi connectivity index (χ0n) is 9.32. The van der Waals surface area contributed by atoms with Crippen LogP contribution in [0.15, 0.2) is 0 Å². The van der Waals surface area contributed by atoms with Crippen molar-refractivity contribution in [1.29, 1.82) is 0 Å². The lowest BCUT2D eigenvalue weighted by molar-refractivity contribution is 0.247. The lowest BCUT2D eigenvalue weighted by Crippen LogP contribution is -2.36. The summed E-state index contributed by atoms with van der Waals surface area (Å²) in [6.07, 6.45) is 1.16. The zero-order valence-corrected chi connectivity index (χ0v) is 10.1. The van der Waals surface area contributed by atoms with E-state index in [1.807, 2.05) is 0 Å². The normalized spacial score (nSPS) is 22.0. The average Bonchev–Trinajstić information content (AvgIpc) is 2.01. The van der Waals surface area contributed by atoms with Gasteiger partial charge in [0, 0.05) is 4.87 Å². The van der Waals surface area contributed by atoms with Crippen molar-refractivity contribution in [2.24, 2.45) is 17.8 Å². The number of hydrogen-bond donors (Lipinski definition) is 0. The van der Waals surface area contributed by atoms with E-state index in [2.05, 4.69) is 41.5 Å². The van der Waals surface area contributed by atoms with Gasteiger partial charge in [-0.2, -0.15) is 0 Å². The molecule has 0 aromatic carbocycles. The van der Waals surface area contributed by atoms with Crippen LogP contribution in [0.3, 0.4) is 0 Å². The molecule has 0 amide bonds. The van der Waals surface area contributed by atoms with Crippen LogP contribution in [0.4, 0.5) is 0 Å². The molecule has 0 radical (unpaired) electrons. The lowest BCUT2D eigenvalue weighted by atomic mass is 9.77. The molecule has 3 unspecified atom stereocenters. The standard InChI is InChI=1S/C11H23Cl/c1-7-9(4)11(6,12)10(5)8(2)3/h8-10H,7H2,1-6H3. The fourth-order valence-corrected chi connectivity index (χ4v) is 1.91. The predicted molar refractivity (Wildman–Crippen MR) is 57.7 cm³/mol. The third-order valence-electron chi connectivity index (χ3n) is 3.47. The molecule has 0 saturated carbocycles. The Bertz CT molecular complexity index is 127. The van der Waals surface area contributed by atoms with Crippen molar-refractivity contribution in [1.82, 2.24) is 0 Å². The molecule has 0 nitrogen and oxygen atoms in total. The molecule has 1 heteroatoms. The third-order valence-corrected chi connectivity index (χ3v) is 4.18. The van der Waals surface area contributed by atoms with Crippen molar-refractivity contribution in [2.75, 3.05) is 0 Å². The van der Waals surface area contributed by atoms with Crippen LogP contribution in [0.2, 0.25) is 0 Å². The van der Waals surface area contributed by atoms with Crippen LogP contribution < -0.4 is 0 Å². The Labute approximate surface area is 82.7 Å². The highest BCUT2D eigenvalue weighted by Gasteiger charge is 2.34. The fourth-order valence-electron chi connectivity index (χ4n) is 1.50. The summed E-state index contributed by atoms with van der Waals surface area (Å²) in [6, 6.07) is 0. The molecule has 0 aliphatic heterocycles. The molecule has 12 heavy (non-hydrogen) atoms. The maximum absolute atomic E-state index is 6.53. The highest BCUT2D eigenvalue weighted by atomic mass is 35.5. The molecule has 74 valence electrons. The Hall–Kier alpha value is 0.290. The summed E-state index contributed by atoms with van der Waals surface area (Å²) in [7, 11) is 0. The Morgan fingerprint density at radius 2 is 1.58 bits per heavy atom. The quantitative estimate of drug-likeness (QED) is 0.580. The Balaban J connectivity index is 4.37. The minimum atomic E-state index is -0.0388. The van der Waals surface area contributed by atoms with Crippen LogP contribution in [0.25, 0.3) is 0 Å². The molecule has 0 fully saturated rings. The maximum Gasteiger partial charge on any atom is 0.0472 e. The average molecular weight is 191 g/mol. The summed E-state index contributed by atoms with van der Waals surface area (Å²) < 4.78 is 0. The minimum absolute atomic E-state index is 0.0388. The van der Waals surface area contributed by atoms with E-state index in [1.165, 1.54) is 0 Å². The largest absolute Gasteiger partial charge is 0.119 e. The second kappa shape index (κ2) is 4.50. The van der Waals surface area contributed by atoms with E-state index < -0.39 is 0 Å². The molecule has 0 aromatic rings. The molecule has 0 aliphatic rings. The van der Waals surface area contributed by atoms with Crippen molar-refractivity contribution in [3.8, 4) is 0 Å². The molecular weight excluding hydrogens is 168 g/mol. The maximum atomic E-state index is 6.53. The fraction of sp³-hybridized carbons (Fsp3) is 1.00. The minimum Gasteiger partial charge on any atom is -0.119 e. The lowest BCUT2D eigenvalue weighted by Gasteiger charge is -2.37. The first kappa shape index (κ1) is 12.3. The highest BCUT2D eigenvalue weighted by molar-refractivity contribution is 6.24. The Morgan fingerprint density at radius 3 is 1.83 bits per heavy atom. The predicted octanol–water partition coefficient (Wildman–Crippen LogP) is 4.32. The summed E-state index contributed by atoms with van der Waals surface area (Å²) in [6.45, 7) is 13.4. The van der Waals surface area contributed by atoms with Gasteiger partial charge in [-0.05, 0) is 24.7 Å². The van der Waals surface area contributed by atoms with Crippen LogP contribution in [-0.2, 0) is 0 Å². The molecule has 0 N–H and O–H groups in total. The first-order chi connectivity index (χ1) is 5.34. The summed E-state index contributed by atoms with van der Waals surface area (Å²) in [5, 5.41) is 0. The van der Waals surface area contributed by atoms with Gasteiger partial charge in [0.1, 0.15) is 0 Å². The number of rotatable bonds is 4. The Kier molecular flexibility index (Phi) is 4.61. The van der Waals surface area contributed by atoms with Gasteiger partial charge in [-0.15, -0.1) is 11.6 Å². The summed E-state index contributed by atoms with van der Waals surface area (Å²) >= 11 is 6.53. The highest BCUT2D eigenvalue weighted by Crippen LogP contribution is 2.38. The smallest absolute Gasteiger partial charge is 0.0472 e. The van der Waals surface area contributed by atoms with Crippen LogP contribution in [0, 0.1) is 17.8 Å². The van der Waals surface area contributed by atoms with E-state index >= 15 is 0 Å². The molecule has 0 rings (SSSR count). The van der Waals surface area contributed by atoms with Crippen molar-refractivity contribution in [3.63, 3.8) is 0 Å². The van der Waals surface area contributed by atoms with Gasteiger partial charge < -0.3 is 0 Å². The summed E-state index contributed by atoms with van der Waals surface area (Å²) in [4.78, 5) is -0.0388. The first-order valence-electron chi connectivity index (χ1n) is 5.02. The van der Waals surface area contributed by atoms with Gasteiger partial charge in [0.15, 0.2) is 0 Å². The van der Waals surface area contributed by atoms with Gasteiger partial charge >= 0.3 is 0 Å². The van der Waals surface area contributed by atoms with Gasteiger partial charge in [-0.1, -0.05) is 41.0 Å². The molecule has 0 aliphatic carbocycles. The van der Waals surface area contributed by atoms with E-state index in [4.69, 9.17) is 11.6 Å². The van der Waals surface area contributed by atoms with Crippen molar-refractivity contribution < 1.29 is 0 Å². The van der Waals surface area contributed by atoms with Crippen molar-refractivity contribution in [2.45, 2.75) is 52.8 Å². The topological polar surface area (TPSA) is 0 Å². The van der Waals surface area contributed by atoms with E-state index in [-0.39, 0.29) is 4.87 Å². The monoisotopic (exact) mass is 190 g/mol. The van der Waals surface area contributed by atoms with E-state index in [1.54, 1.807) is 0 Å². The molecule has 0 spiro atoms. The Morgan fingerprint density at radius 1 is 1.17 bits per heavy atom. The third kappa shape index (κ3) is 2.65. The molecule has 0 aromatic heterocycles. The zero-order chi connectivity index (χ0) is 9.94. The second-order valence-corrected chi connectivity index (χ2v) is 5.31. The van der Waals surface area contributed by atoms with E-state index in [0.717, 1.165) is 6.42 Å². The van der Waals surface area contributed by atoms with Crippen LogP contribution in [-0.4, -0.2) is 4.87 Å². The van der Waals surface area contributed by atoms with Crippen molar-refractivity contribution >= 4 is 11.6 Å². The van der Waals surface area contributed by atoms with Gasteiger partial charge in [0.05, 0.1) is 0 Å². The SMILES string of the molecule is CCC(C)C(C)(Cl)C(C)C(C)C. The van der Waals surface area contributed by atoms with Crippen LogP contribution in [0.1, 0.15) is 48.0 Å². The molecular formula is C11H23Cl. The molecule has 0 heterocycles. The van der Waals surface area contributed by atoms with Crippen LogP contribution >= 0.6 is 11.6 Å². The molecule has 0 saturated heterocycles. The second-order valence-electron chi connectivity index (χ2n) is 4.49. The van der Waals surface area contributed by atoms with Gasteiger partial charge in [0.25, 0.3) is 0 Å². The van der Waals surface area contributed by atoms with E-state index in [9.17, 15) is 0 Å². The first-order valence-corrected chi connectivity index (χ1v) is 5.40. The number of alkyl halides is 1. The van der Waals surface area contributed by atoms with Gasteiger partial charge in [-0.25, -0.2) is 0 Å². The molecule has 0 bridgehead atoms. The van der Waals surface area contributed by atoms with Crippen molar-refractivity contribution in [3.05, 3.63) is 0 Å².